The number of aromatic nitrogens is 2. The lowest BCUT2D eigenvalue weighted by molar-refractivity contribution is 0.0740. The van der Waals surface area contributed by atoms with E-state index in [1.807, 2.05) is 23.1 Å². The first-order chi connectivity index (χ1) is 11.3. The van der Waals surface area contributed by atoms with Gasteiger partial charge in [0.05, 0.1) is 25.5 Å². The minimum absolute atomic E-state index is 0.00890. The molecule has 0 saturated carbocycles. The highest BCUT2D eigenvalue weighted by Gasteiger charge is 2.32. The maximum absolute atomic E-state index is 12.6. The van der Waals surface area contributed by atoms with Crippen molar-refractivity contribution in [2.75, 3.05) is 19.8 Å². The number of carbonyl (C=O) groups excluding carboxylic acids is 1. The maximum atomic E-state index is 12.6. The molecule has 7 heteroatoms. The molecule has 1 aromatic heterocycles. The van der Waals surface area contributed by atoms with Crippen molar-refractivity contribution in [3.8, 4) is 11.5 Å². The molecular formula is C16H17N3O3S. The molecule has 3 heterocycles. The van der Waals surface area contributed by atoms with Crippen LogP contribution in [0.1, 0.15) is 40.5 Å². The molecule has 23 heavy (non-hydrogen) atoms. The number of ether oxygens (including phenoxy) is 2. The minimum atomic E-state index is 0.00890. The largest absolute Gasteiger partial charge is 0.490 e. The van der Waals surface area contributed by atoms with E-state index in [-0.39, 0.29) is 11.9 Å². The zero-order valence-electron chi connectivity index (χ0n) is 12.6. The number of likely N-dealkylation sites (tertiary alicyclic amines) is 1. The highest BCUT2D eigenvalue weighted by Crippen LogP contribution is 2.38. The zero-order valence-corrected chi connectivity index (χ0v) is 13.4. The molecule has 2 aliphatic rings. The monoisotopic (exact) mass is 331 g/mol. The van der Waals surface area contributed by atoms with Gasteiger partial charge in [-0.05, 0) is 42.1 Å². The second kappa shape index (κ2) is 6.16. The Kier molecular flexibility index (Phi) is 3.87. The fourth-order valence-corrected chi connectivity index (χ4v) is 3.62. The van der Waals surface area contributed by atoms with Gasteiger partial charge in [0.1, 0.15) is 4.88 Å². The number of nitrogens with zero attached hydrogens (tertiary/aromatic N) is 3. The average molecular weight is 331 g/mol. The van der Waals surface area contributed by atoms with Crippen molar-refractivity contribution >= 4 is 17.4 Å². The lowest BCUT2D eigenvalue weighted by atomic mass is 10.0. The summed E-state index contributed by atoms with van der Waals surface area (Å²) in [5.74, 6) is 1.57. The van der Waals surface area contributed by atoms with Crippen molar-refractivity contribution in [3.63, 3.8) is 0 Å². The molecule has 1 saturated heterocycles. The molecule has 1 atom stereocenters. The third-order valence-corrected chi connectivity index (χ3v) is 4.89. The van der Waals surface area contributed by atoms with Crippen molar-refractivity contribution in [2.45, 2.75) is 25.3 Å². The predicted octanol–water partition coefficient (Wildman–Crippen LogP) is 2.68. The lowest BCUT2D eigenvalue weighted by Crippen LogP contribution is -2.30. The number of fused-ring (bicyclic) bond motifs is 1. The molecule has 2 aromatic rings. The van der Waals surface area contributed by atoms with E-state index in [2.05, 4.69) is 9.59 Å². The third-order valence-electron chi connectivity index (χ3n) is 4.24. The van der Waals surface area contributed by atoms with Crippen molar-refractivity contribution < 1.29 is 14.3 Å². The fraction of sp³-hybridized carbons (Fsp3) is 0.438. The normalized spacial score (nSPS) is 20.3. The molecule has 6 nitrogen and oxygen atoms in total. The number of rotatable bonds is 2. The Morgan fingerprint density at radius 1 is 1.22 bits per heavy atom. The van der Waals surface area contributed by atoms with Crippen molar-refractivity contribution in [2.24, 2.45) is 0 Å². The van der Waals surface area contributed by atoms with Crippen LogP contribution in [0.5, 0.6) is 11.5 Å². The van der Waals surface area contributed by atoms with E-state index >= 15 is 0 Å². The van der Waals surface area contributed by atoms with Crippen LogP contribution in [0.15, 0.2) is 24.4 Å². The fourth-order valence-electron chi connectivity index (χ4n) is 3.15. The van der Waals surface area contributed by atoms with E-state index in [0.717, 1.165) is 54.4 Å². The second-order valence-electron chi connectivity index (χ2n) is 5.69. The molecule has 1 amide bonds. The summed E-state index contributed by atoms with van der Waals surface area (Å²) < 4.78 is 15.2. The van der Waals surface area contributed by atoms with Crippen LogP contribution >= 0.6 is 11.5 Å². The van der Waals surface area contributed by atoms with Crippen LogP contribution in [-0.2, 0) is 0 Å². The minimum Gasteiger partial charge on any atom is -0.490 e. The van der Waals surface area contributed by atoms with Gasteiger partial charge in [0.15, 0.2) is 11.5 Å². The Morgan fingerprint density at radius 3 is 2.91 bits per heavy atom. The van der Waals surface area contributed by atoms with E-state index in [4.69, 9.17) is 9.47 Å². The van der Waals surface area contributed by atoms with E-state index in [1.165, 1.54) is 6.20 Å². The number of amides is 1. The molecular weight excluding hydrogens is 314 g/mol. The molecule has 0 N–H and O–H groups in total. The first kappa shape index (κ1) is 14.4. The van der Waals surface area contributed by atoms with Crippen LogP contribution < -0.4 is 9.47 Å². The molecule has 2 aliphatic heterocycles. The molecule has 0 aliphatic carbocycles. The summed E-state index contributed by atoms with van der Waals surface area (Å²) in [7, 11) is 0. The summed E-state index contributed by atoms with van der Waals surface area (Å²) in [5, 5.41) is 3.76. The van der Waals surface area contributed by atoms with E-state index in [0.29, 0.717) is 18.1 Å². The number of hydrogen-bond donors (Lipinski definition) is 0. The predicted molar refractivity (Wildman–Crippen MR) is 85.0 cm³/mol. The summed E-state index contributed by atoms with van der Waals surface area (Å²) in [4.78, 5) is 15.1. The molecule has 0 bridgehead atoms. The van der Waals surface area contributed by atoms with E-state index in [9.17, 15) is 4.79 Å². The van der Waals surface area contributed by atoms with Crippen LogP contribution in [0.4, 0.5) is 0 Å². The molecule has 0 spiro atoms. The molecule has 1 fully saturated rings. The molecule has 1 aromatic carbocycles. The van der Waals surface area contributed by atoms with Crippen LogP contribution in [0.3, 0.4) is 0 Å². The smallest absolute Gasteiger partial charge is 0.267 e. The van der Waals surface area contributed by atoms with Gasteiger partial charge in [-0.25, -0.2) is 0 Å². The van der Waals surface area contributed by atoms with Gasteiger partial charge in [0.2, 0.25) is 0 Å². The SMILES string of the molecule is O=C(c1cnns1)N1CCC[C@@H]1c1ccc2c(c1)OCCCO2. The number of carbonyl (C=O) groups is 1. The average Bonchev–Trinajstić information content (AvgIpc) is 3.22. The van der Waals surface area contributed by atoms with Gasteiger partial charge < -0.3 is 14.4 Å². The standard InChI is InChI=1S/C16H17N3O3S/c20-16(15-10-17-18-23-15)19-6-1-3-12(19)11-4-5-13-14(9-11)22-8-2-7-21-13/h4-5,9-10,12H,1-3,6-8H2/t12-/m1/s1. The summed E-state index contributed by atoms with van der Waals surface area (Å²) in [5.41, 5.74) is 1.09. The topological polar surface area (TPSA) is 64.6 Å². The molecule has 0 unspecified atom stereocenters. The Labute approximate surface area is 138 Å². The van der Waals surface area contributed by atoms with E-state index < -0.39 is 0 Å². The Hall–Kier alpha value is -2.15. The van der Waals surface area contributed by atoms with Gasteiger partial charge in [-0.15, -0.1) is 5.10 Å². The van der Waals surface area contributed by atoms with Gasteiger partial charge in [0.25, 0.3) is 5.91 Å². The highest BCUT2D eigenvalue weighted by atomic mass is 32.1. The molecule has 120 valence electrons. The Morgan fingerprint density at radius 2 is 2.09 bits per heavy atom. The van der Waals surface area contributed by atoms with E-state index in [1.54, 1.807) is 0 Å². The summed E-state index contributed by atoms with van der Waals surface area (Å²) >= 11 is 1.14. The van der Waals surface area contributed by atoms with Crippen LogP contribution in [0.2, 0.25) is 0 Å². The first-order valence-corrected chi connectivity index (χ1v) is 8.58. The maximum Gasteiger partial charge on any atom is 0.267 e. The highest BCUT2D eigenvalue weighted by molar-refractivity contribution is 7.07. The van der Waals surface area contributed by atoms with Gasteiger partial charge in [0, 0.05) is 13.0 Å². The number of hydrogen-bond acceptors (Lipinski definition) is 6. The van der Waals surface area contributed by atoms with Crippen molar-refractivity contribution in [1.29, 1.82) is 0 Å². The zero-order chi connectivity index (χ0) is 15.6. The second-order valence-corrected chi connectivity index (χ2v) is 6.48. The first-order valence-electron chi connectivity index (χ1n) is 7.81. The van der Waals surface area contributed by atoms with Crippen LogP contribution in [0, 0.1) is 0 Å². The number of benzene rings is 1. The third kappa shape index (κ3) is 2.76. The van der Waals surface area contributed by atoms with Gasteiger partial charge in [-0.2, -0.15) is 0 Å². The van der Waals surface area contributed by atoms with Crippen molar-refractivity contribution in [3.05, 3.63) is 34.8 Å². The summed E-state index contributed by atoms with van der Waals surface area (Å²) in [6.45, 7) is 2.10. The van der Waals surface area contributed by atoms with Gasteiger partial charge in [-0.3, -0.25) is 4.79 Å². The van der Waals surface area contributed by atoms with Crippen LogP contribution in [0.25, 0.3) is 0 Å². The Bertz CT molecular complexity index is 705. The molecule has 0 radical (unpaired) electrons. The molecule has 4 rings (SSSR count). The Balaban J connectivity index is 1.61. The van der Waals surface area contributed by atoms with Crippen molar-refractivity contribution in [1.82, 2.24) is 14.5 Å². The summed E-state index contributed by atoms with van der Waals surface area (Å²) in [6.07, 6.45) is 4.38. The van der Waals surface area contributed by atoms with Crippen LogP contribution in [-0.4, -0.2) is 40.2 Å². The summed E-state index contributed by atoms with van der Waals surface area (Å²) in [6, 6.07) is 6.07. The quantitative estimate of drug-likeness (QED) is 0.846. The van der Waals surface area contributed by atoms with Gasteiger partial charge in [-0.1, -0.05) is 10.6 Å². The lowest BCUT2D eigenvalue weighted by Gasteiger charge is -2.25. The van der Waals surface area contributed by atoms with Gasteiger partial charge >= 0.3 is 0 Å².